The molecular formula is C18H29N5O3. The van der Waals surface area contributed by atoms with Gasteiger partial charge in [0.2, 0.25) is 11.8 Å². The number of nitrogens with zero attached hydrogens (tertiary/aromatic N) is 5. The monoisotopic (exact) mass is 363 g/mol. The number of likely N-dealkylation sites (N-methyl/N-ethyl adjacent to an activating group) is 1. The summed E-state index contributed by atoms with van der Waals surface area (Å²) in [5.74, 6) is -0.146. The van der Waals surface area contributed by atoms with E-state index in [2.05, 4.69) is 5.10 Å². The maximum absolute atomic E-state index is 13.0. The van der Waals surface area contributed by atoms with E-state index in [1.807, 2.05) is 35.5 Å². The topological polar surface area (TPSA) is 81.9 Å². The van der Waals surface area contributed by atoms with Gasteiger partial charge in [-0.3, -0.25) is 14.3 Å². The number of aromatic nitrogens is 2. The van der Waals surface area contributed by atoms with Crippen LogP contribution >= 0.6 is 0 Å². The van der Waals surface area contributed by atoms with Crippen LogP contribution in [0.25, 0.3) is 0 Å². The second-order valence-corrected chi connectivity index (χ2v) is 7.40. The Morgan fingerprint density at radius 2 is 2.15 bits per heavy atom. The zero-order valence-electron chi connectivity index (χ0n) is 15.9. The Labute approximate surface area is 154 Å². The minimum Gasteiger partial charge on any atom is -0.390 e. The molecule has 0 radical (unpaired) electrons. The Morgan fingerprint density at radius 1 is 1.38 bits per heavy atom. The lowest BCUT2D eigenvalue weighted by Gasteiger charge is -2.30. The molecule has 2 aliphatic rings. The van der Waals surface area contributed by atoms with E-state index in [4.69, 9.17) is 0 Å². The van der Waals surface area contributed by atoms with Crippen LogP contribution in [0.2, 0.25) is 0 Å². The summed E-state index contributed by atoms with van der Waals surface area (Å²) in [6.07, 6.45) is 1.05. The van der Waals surface area contributed by atoms with Gasteiger partial charge in [-0.05, 0) is 21.0 Å². The molecular weight excluding hydrogens is 334 g/mol. The standard InChI is InChI=1S/C18H29N5O3/c1-4-23-16-5-6-22(11-14(16)15(12-24)19-23)18(26)13-9-17(25)21(10-13)8-7-20(2)3/h13,24H,4-12H2,1-3H3/t13-/m0/s1. The lowest BCUT2D eigenvalue weighted by atomic mass is 10.0. The van der Waals surface area contributed by atoms with Crippen LogP contribution in [-0.4, -0.2) is 81.7 Å². The molecule has 3 rings (SSSR count). The summed E-state index contributed by atoms with van der Waals surface area (Å²) in [7, 11) is 3.95. The molecule has 144 valence electrons. The summed E-state index contributed by atoms with van der Waals surface area (Å²) in [6, 6.07) is 0. The van der Waals surface area contributed by atoms with Crippen LogP contribution in [0.4, 0.5) is 0 Å². The zero-order chi connectivity index (χ0) is 18.8. The highest BCUT2D eigenvalue weighted by molar-refractivity contribution is 5.89. The number of carbonyl (C=O) groups excluding carboxylic acids is 2. The number of aryl methyl sites for hydroxylation is 1. The van der Waals surface area contributed by atoms with Gasteiger partial charge in [0.25, 0.3) is 0 Å². The molecule has 26 heavy (non-hydrogen) atoms. The van der Waals surface area contributed by atoms with Crippen molar-refractivity contribution in [1.29, 1.82) is 0 Å². The summed E-state index contributed by atoms with van der Waals surface area (Å²) < 4.78 is 1.92. The van der Waals surface area contributed by atoms with E-state index in [0.717, 1.165) is 30.8 Å². The maximum Gasteiger partial charge on any atom is 0.228 e. The summed E-state index contributed by atoms with van der Waals surface area (Å²) in [6.45, 7) is 5.77. The number of carbonyl (C=O) groups is 2. The van der Waals surface area contributed by atoms with Gasteiger partial charge < -0.3 is 19.8 Å². The molecule has 1 fully saturated rings. The summed E-state index contributed by atoms with van der Waals surface area (Å²) >= 11 is 0. The second-order valence-electron chi connectivity index (χ2n) is 7.40. The molecule has 1 saturated heterocycles. The zero-order valence-corrected chi connectivity index (χ0v) is 15.9. The minimum absolute atomic E-state index is 0.0458. The first-order chi connectivity index (χ1) is 12.4. The van der Waals surface area contributed by atoms with Crippen molar-refractivity contribution in [2.75, 3.05) is 40.3 Å². The van der Waals surface area contributed by atoms with E-state index >= 15 is 0 Å². The van der Waals surface area contributed by atoms with E-state index in [9.17, 15) is 14.7 Å². The van der Waals surface area contributed by atoms with Crippen LogP contribution < -0.4 is 0 Å². The van der Waals surface area contributed by atoms with E-state index in [1.165, 1.54) is 0 Å². The lowest BCUT2D eigenvalue weighted by Crippen LogP contribution is -2.41. The number of amides is 2. The van der Waals surface area contributed by atoms with Gasteiger partial charge in [-0.25, -0.2) is 0 Å². The molecule has 3 heterocycles. The number of aliphatic hydroxyl groups is 1. The van der Waals surface area contributed by atoms with Gasteiger partial charge in [0.05, 0.1) is 18.2 Å². The van der Waals surface area contributed by atoms with E-state index < -0.39 is 0 Å². The predicted octanol–water partition coefficient (Wildman–Crippen LogP) is -0.310. The summed E-state index contributed by atoms with van der Waals surface area (Å²) in [5, 5.41) is 14.0. The fourth-order valence-corrected chi connectivity index (χ4v) is 3.87. The average Bonchev–Trinajstić information content (AvgIpc) is 3.18. The molecule has 1 N–H and O–H groups in total. The van der Waals surface area contributed by atoms with Crippen LogP contribution in [-0.2, 0) is 35.7 Å². The molecule has 0 unspecified atom stereocenters. The molecule has 0 aliphatic carbocycles. The van der Waals surface area contributed by atoms with E-state index in [1.54, 1.807) is 4.90 Å². The van der Waals surface area contributed by atoms with Crippen molar-refractivity contribution in [2.24, 2.45) is 5.92 Å². The van der Waals surface area contributed by atoms with Gasteiger partial charge in [0.15, 0.2) is 0 Å². The Balaban J connectivity index is 1.66. The minimum atomic E-state index is -0.259. The third-order valence-electron chi connectivity index (χ3n) is 5.36. The summed E-state index contributed by atoms with van der Waals surface area (Å²) in [4.78, 5) is 30.8. The van der Waals surface area contributed by atoms with Gasteiger partial charge in [-0.15, -0.1) is 0 Å². The number of rotatable bonds is 6. The lowest BCUT2D eigenvalue weighted by molar-refractivity contribution is -0.136. The van der Waals surface area contributed by atoms with E-state index in [-0.39, 0.29) is 24.3 Å². The normalized spacial score (nSPS) is 20.2. The van der Waals surface area contributed by atoms with Gasteiger partial charge in [-0.2, -0.15) is 5.10 Å². The number of aliphatic hydroxyl groups excluding tert-OH is 1. The van der Waals surface area contributed by atoms with Crippen molar-refractivity contribution in [3.63, 3.8) is 0 Å². The second kappa shape index (κ2) is 7.75. The summed E-state index contributed by atoms with van der Waals surface area (Å²) in [5.41, 5.74) is 2.76. The highest BCUT2D eigenvalue weighted by Crippen LogP contribution is 2.26. The molecule has 0 saturated carbocycles. The SMILES string of the molecule is CCn1nc(CO)c2c1CCN(C(=O)[C@H]1CC(=O)N(CCN(C)C)C1)C2. The highest BCUT2D eigenvalue weighted by Gasteiger charge is 2.38. The van der Waals surface area contributed by atoms with Crippen LogP contribution in [0, 0.1) is 5.92 Å². The molecule has 1 aromatic heterocycles. The number of likely N-dealkylation sites (tertiary alicyclic amines) is 1. The van der Waals surface area contributed by atoms with E-state index in [0.29, 0.717) is 38.3 Å². The highest BCUT2D eigenvalue weighted by atomic mass is 16.3. The third kappa shape index (κ3) is 3.61. The largest absolute Gasteiger partial charge is 0.390 e. The molecule has 0 bridgehead atoms. The van der Waals surface area contributed by atoms with Crippen LogP contribution in [0.1, 0.15) is 30.3 Å². The van der Waals surface area contributed by atoms with Crippen molar-refractivity contribution in [3.05, 3.63) is 17.0 Å². The molecule has 1 aromatic rings. The average molecular weight is 363 g/mol. The van der Waals surface area contributed by atoms with Crippen molar-refractivity contribution in [1.82, 2.24) is 24.5 Å². The Morgan fingerprint density at radius 3 is 2.81 bits per heavy atom. The predicted molar refractivity (Wildman–Crippen MR) is 96.2 cm³/mol. The van der Waals surface area contributed by atoms with Crippen molar-refractivity contribution in [3.8, 4) is 0 Å². The molecule has 8 nitrogen and oxygen atoms in total. The smallest absolute Gasteiger partial charge is 0.228 e. The van der Waals surface area contributed by atoms with Gasteiger partial charge in [0.1, 0.15) is 0 Å². The fraction of sp³-hybridized carbons (Fsp3) is 0.722. The number of fused-ring (bicyclic) bond motifs is 1. The quantitative estimate of drug-likeness (QED) is 0.750. The van der Waals surface area contributed by atoms with Gasteiger partial charge >= 0.3 is 0 Å². The van der Waals surface area contributed by atoms with Crippen molar-refractivity contribution >= 4 is 11.8 Å². The van der Waals surface area contributed by atoms with Crippen molar-refractivity contribution in [2.45, 2.75) is 39.5 Å². The first kappa shape index (κ1) is 18.8. The Bertz CT molecular complexity index is 685. The van der Waals surface area contributed by atoms with Gasteiger partial charge in [0, 0.05) is 63.4 Å². The first-order valence-corrected chi connectivity index (χ1v) is 9.34. The molecule has 2 amide bonds. The fourth-order valence-electron chi connectivity index (χ4n) is 3.87. The van der Waals surface area contributed by atoms with Crippen LogP contribution in [0.5, 0.6) is 0 Å². The Hall–Kier alpha value is -1.93. The molecule has 0 spiro atoms. The van der Waals surface area contributed by atoms with Gasteiger partial charge in [-0.1, -0.05) is 0 Å². The third-order valence-corrected chi connectivity index (χ3v) is 5.36. The molecule has 2 aliphatic heterocycles. The molecule has 8 heteroatoms. The number of hydrogen-bond acceptors (Lipinski definition) is 5. The number of hydrogen-bond donors (Lipinski definition) is 1. The van der Waals surface area contributed by atoms with Crippen molar-refractivity contribution < 1.29 is 14.7 Å². The molecule has 1 atom stereocenters. The van der Waals surface area contributed by atoms with Crippen LogP contribution in [0.15, 0.2) is 0 Å². The first-order valence-electron chi connectivity index (χ1n) is 9.34. The maximum atomic E-state index is 13.0. The van der Waals surface area contributed by atoms with Crippen LogP contribution in [0.3, 0.4) is 0 Å². The molecule has 0 aromatic carbocycles. The Kier molecular flexibility index (Phi) is 5.62.